The maximum atomic E-state index is 4.77. The van der Waals surface area contributed by atoms with Crippen LogP contribution < -0.4 is 5.32 Å². The van der Waals surface area contributed by atoms with E-state index in [-0.39, 0.29) is 0 Å². The molecule has 0 radical (unpaired) electrons. The first-order chi connectivity index (χ1) is 7.88. The molecule has 3 heteroatoms. The van der Waals surface area contributed by atoms with Gasteiger partial charge in [-0.25, -0.2) is 4.98 Å². The van der Waals surface area contributed by atoms with Crippen molar-refractivity contribution in [2.24, 2.45) is 0 Å². The molecule has 3 rings (SSSR count). The van der Waals surface area contributed by atoms with Crippen LogP contribution in [0.15, 0.2) is 30.3 Å². The molecule has 2 aromatic rings. The van der Waals surface area contributed by atoms with Crippen LogP contribution in [0.5, 0.6) is 0 Å². The van der Waals surface area contributed by atoms with Gasteiger partial charge in [0.2, 0.25) is 0 Å². The number of aryl methyl sites for hydroxylation is 1. The number of benzene rings is 1. The third kappa shape index (κ3) is 1.56. The van der Waals surface area contributed by atoms with Crippen molar-refractivity contribution in [1.82, 2.24) is 10.3 Å². The van der Waals surface area contributed by atoms with E-state index in [1.165, 1.54) is 29.0 Å². The van der Waals surface area contributed by atoms with E-state index in [2.05, 4.69) is 29.6 Å². The Hall–Kier alpha value is -1.19. The maximum absolute atomic E-state index is 4.77. The number of hydrogen-bond donors (Lipinski definition) is 1. The van der Waals surface area contributed by atoms with E-state index in [9.17, 15) is 0 Å². The molecule has 0 amide bonds. The van der Waals surface area contributed by atoms with Crippen molar-refractivity contribution in [1.29, 1.82) is 0 Å². The predicted molar refractivity (Wildman–Crippen MR) is 67.7 cm³/mol. The zero-order valence-corrected chi connectivity index (χ0v) is 10.1. The lowest BCUT2D eigenvalue weighted by atomic mass is 10.2. The molecule has 0 aliphatic heterocycles. The Balaban J connectivity index is 2.00. The largest absolute Gasteiger partial charge is 0.312 e. The molecule has 1 N–H and O–H groups in total. The normalized spacial score (nSPS) is 18.7. The summed E-state index contributed by atoms with van der Waals surface area (Å²) in [5.41, 5.74) is 2.50. The van der Waals surface area contributed by atoms with Gasteiger partial charge >= 0.3 is 0 Å². The van der Waals surface area contributed by atoms with Crippen LogP contribution in [-0.2, 0) is 6.42 Å². The van der Waals surface area contributed by atoms with Crippen molar-refractivity contribution in [2.75, 3.05) is 7.05 Å². The fraction of sp³-hybridized carbons (Fsp3) is 0.308. The number of rotatable bonds is 2. The number of nitrogens with one attached hydrogen (secondary N) is 1. The van der Waals surface area contributed by atoms with Gasteiger partial charge in [-0.3, -0.25) is 0 Å². The summed E-state index contributed by atoms with van der Waals surface area (Å²) in [5, 5.41) is 4.49. The number of thiazole rings is 1. The lowest BCUT2D eigenvalue weighted by Gasteiger charge is -2.05. The molecule has 1 aromatic carbocycles. The van der Waals surface area contributed by atoms with Gasteiger partial charge in [0, 0.05) is 10.4 Å². The molecule has 1 aromatic heterocycles. The Morgan fingerprint density at radius 3 is 2.88 bits per heavy atom. The van der Waals surface area contributed by atoms with Gasteiger partial charge < -0.3 is 5.32 Å². The third-order valence-electron chi connectivity index (χ3n) is 3.09. The van der Waals surface area contributed by atoms with Crippen molar-refractivity contribution >= 4 is 11.3 Å². The summed E-state index contributed by atoms with van der Waals surface area (Å²) >= 11 is 1.84. The maximum Gasteiger partial charge on any atom is 0.123 e. The molecule has 82 valence electrons. The first-order valence-corrected chi connectivity index (χ1v) is 6.42. The fourth-order valence-corrected chi connectivity index (χ4v) is 3.36. The topological polar surface area (TPSA) is 24.9 Å². The quantitative estimate of drug-likeness (QED) is 0.857. The highest BCUT2D eigenvalue weighted by Crippen LogP contribution is 2.38. The van der Waals surface area contributed by atoms with Gasteiger partial charge in [-0.1, -0.05) is 30.3 Å². The summed E-state index contributed by atoms with van der Waals surface area (Å²) in [6, 6.07) is 10.9. The summed E-state index contributed by atoms with van der Waals surface area (Å²) in [4.78, 5) is 6.23. The zero-order valence-electron chi connectivity index (χ0n) is 9.23. The number of nitrogens with zero attached hydrogens (tertiary/aromatic N) is 1. The van der Waals surface area contributed by atoms with E-state index in [4.69, 9.17) is 4.98 Å². The smallest absolute Gasteiger partial charge is 0.123 e. The van der Waals surface area contributed by atoms with E-state index in [0.717, 1.165) is 5.01 Å². The summed E-state index contributed by atoms with van der Waals surface area (Å²) in [5.74, 6) is 0. The van der Waals surface area contributed by atoms with Crippen molar-refractivity contribution in [3.8, 4) is 10.6 Å². The molecule has 0 fully saturated rings. The van der Waals surface area contributed by atoms with Crippen LogP contribution in [-0.4, -0.2) is 12.0 Å². The van der Waals surface area contributed by atoms with Gasteiger partial charge in [-0.2, -0.15) is 0 Å². The van der Waals surface area contributed by atoms with Crippen molar-refractivity contribution in [3.05, 3.63) is 40.9 Å². The van der Waals surface area contributed by atoms with Crippen LogP contribution in [0.3, 0.4) is 0 Å². The summed E-state index contributed by atoms with van der Waals surface area (Å²) in [6.07, 6.45) is 2.37. The molecule has 16 heavy (non-hydrogen) atoms. The molecule has 1 unspecified atom stereocenters. The molecule has 1 aliphatic rings. The second-order valence-electron chi connectivity index (χ2n) is 4.07. The standard InChI is InChI=1S/C13H14N2S/c1-14-10-7-8-11-12(10)15-13(16-11)9-5-3-2-4-6-9/h2-6,10,14H,7-8H2,1H3. The van der Waals surface area contributed by atoms with Crippen LogP contribution in [0.1, 0.15) is 23.0 Å². The Kier molecular flexibility index (Phi) is 2.50. The lowest BCUT2D eigenvalue weighted by Crippen LogP contribution is -2.13. The predicted octanol–water partition coefficient (Wildman–Crippen LogP) is 3.02. The molecule has 0 bridgehead atoms. The number of hydrogen-bond acceptors (Lipinski definition) is 3. The first kappa shape index (κ1) is 10.00. The highest BCUT2D eigenvalue weighted by Gasteiger charge is 2.25. The summed E-state index contributed by atoms with van der Waals surface area (Å²) in [7, 11) is 2.02. The van der Waals surface area contributed by atoms with E-state index in [1.54, 1.807) is 0 Å². The van der Waals surface area contributed by atoms with Gasteiger partial charge in [0.15, 0.2) is 0 Å². The molecule has 0 saturated heterocycles. The van der Waals surface area contributed by atoms with Crippen LogP contribution in [0.2, 0.25) is 0 Å². The van der Waals surface area contributed by atoms with Gasteiger partial charge in [0.05, 0.1) is 11.7 Å². The summed E-state index contributed by atoms with van der Waals surface area (Å²) < 4.78 is 0. The third-order valence-corrected chi connectivity index (χ3v) is 4.27. The van der Waals surface area contributed by atoms with E-state index >= 15 is 0 Å². The zero-order chi connectivity index (χ0) is 11.0. The Morgan fingerprint density at radius 2 is 2.12 bits per heavy atom. The molecular weight excluding hydrogens is 216 g/mol. The second kappa shape index (κ2) is 4.00. The molecule has 0 spiro atoms. The molecule has 1 atom stereocenters. The molecule has 1 aliphatic carbocycles. The molecule has 0 saturated carbocycles. The van der Waals surface area contributed by atoms with Gasteiger partial charge in [-0.05, 0) is 19.9 Å². The fourth-order valence-electron chi connectivity index (χ4n) is 2.21. The minimum absolute atomic E-state index is 0.462. The number of aromatic nitrogens is 1. The van der Waals surface area contributed by atoms with Crippen LogP contribution >= 0.6 is 11.3 Å². The monoisotopic (exact) mass is 230 g/mol. The van der Waals surface area contributed by atoms with Crippen molar-refractivity contribution < 1.29 is 0 Å². The second-order valence-corrected chi connectivity index (χ2v) is 5.16. The highest BCUT2D eigenvalue weighted by atomic mass is 32.1. The Bertz CT molecular complexity index is 490. The van der Waals surface area contributed by atoms with Gasteiger partial charge in [0.25, 0.3) is 0 Å². The van der Waals surface area contributed by atoms with E-state index < -0.39 is 0 Å². The van der Waals surface area contributed by atoms with Crippen molar-refractivity contribution in [3.63, 3.8) is 0 Å². The van der Waals surface area contributed by atoms with E-state index in [0.29, 0.717) is 6.04 Å². The average Bonchev–Trinajstić information content (AvgIpc) is 2.89. The van der Waals surface area contributed by atoms with Gasteiger partial charge in [-0.15, -0.1) is 11.3 Å². The lowest BCUT2D eigenvalue weighted by molar-refractivity contribution is 0.579. The molecular formula is C13H14N2S. The SMILES string of the molecule is CNC1CCc2sc(-c3ccccc3)nc21. The minimum atomic E-state index is 0.462. The van der Waals surface area contributed by atoms with Crippen LogP contribution in [0.25, 0.3) is 10.6 Å². The average molecular weight is 230 g/mol. The Morgan fingerprint density at radius 1 is 1.31 bits per heavy atom. The number of fused-ring (bicyclic) bond motifs is 1. The highest BCUT2D eigenvalue weighted by molar-refractivity contribution is 7.15. The summed E-state index contributed by atoms with van der Waals surface area (Å²) in [6.45, 7) is 0. The van der Waals surface area contributed by atoms with Crippen molar-refractivity contribution in [2.45, 2.75) is 18.9 Å². The minimum Gasteiger partial charge on any atom is -0.312 e. The van der Waals surface area contributed by atoms with E-state index in [1.807, 2.05) is 24.5 Å². The molecule has 2 nitrogen and oxygen atoms in total. The molecule has 1 heterocycles. The van der Waals surface area contributed by atoms with Gasteiger partial charge in [0.1, 0.15) is 5.01 Å². The van der Waals surface area contributed by atoms with Crippen LogP contribution in [0, 0.1) is 0 Å². The first-order valence-electron chi connectivity index (χ1n) is 5.61. The van der Waals surface area contributed by atoms with Crippen LogP contribution in [0.4, 0.5) is 0 Å². The Labute approximate surface area is 99.4 Å².